The Bertz CT molecular complexity index is 1610. The van der Waals surface area contributed by atoms with E-state index < -0.39 is 5.91 Å². The highest BCUT2D eigenvalue weighted by Gasteiger charge is 2.23. The molecule has 0 spiro atoms. The SMILES string of the molecule is Cc1c(NC(=O)c2cccc(NC(=O)N3CCc4cc(Br)c(Br)cc4C3)c2)c(=O)n(-c2ccccc2)n1C. The number of hydrogen-bond acceptors (Lipinski definition) is 3. The van der Waals surface area contributed by atoms with E-state index in [0.29, 0.717) is 35.7 Å². The first-order valence-corrected chi connectivity index (χ1v) is 13.6. The minimum Gasteiger partial charge on any atom is -0.320 e. The van der Waals surface area contributed by atoms with Crippen LogP contribution in [0, 0.1) is 6.92 Å². The zero-order valence-corrected chi connectivity index (χ0v) is 24.0. The monoisotopic (exact) mass is 637 g/mol. The van der Waals surface area contributed by atoms with E-state index >= 15 is 0 Å². The summed E-state index contributed by atoms with van der Waals surface area (Å²) in [5, 5.41) is 5.67. The molecular formula is C28H25Br2N5O3. The number of nitrogens with one attached hydrogen (secondary N) is 2. The van der Waals surface area contributed by atoms with Crippen LogP contribution in [0.2, 0.25) is 0 Å². The van der Waals surface area contributed by atoms with Crippen LogP contribution in [-0.2, 0) is 20.0 Å². The number of para-hydroxylation sites is 1. The van der Waals surface area contributed by atoms with Gasteiger partial charge in [0.05, 0.1) is 11.4 Å². The highest BCUT2D eigenvalue weighted by atomic mass is 79.9. The standard InChI is InChI=1S/C28H25Br2N5O3/c1-17-25(27(37)35(33(17)2)22-9-4-3-5-10-22)32-26(36)19-7-6-8-21(13-19)31-28(38)34-12-11-18-14-23(29)24(30)15-20(18)16-34/h3-10,13-15H,11-12,16H2,1-2H3,(H,31,38)(H,32,36). The molecule has 0 saturated carbocycles. The molecule has 0 bridgehead atoms. The predicted molar refractivity (Wildman–Crippen MR) is 155 cm³/mol. The fourth-order valence-corrected chi connectivity index (χ4v) is 5.34. The number of urea groups is 1. The topological polar surface area (TPSA) is 88.4 Å². The summed E-state index contributed by atoms with van der Waals surface area (Å²) in [4.78, 5) is 41.0. The second kappa shape index (κ2) is 10.6. The first kappa shape index (κ1) is 26.0. The molecule has 5 rings (SSSR count). The molecule has 0 saturated heterocycles. The Balaban J connectivity index is 1.31. The van der Waals surface area contributed by atoms with Gasteiger partial charge in [-0.15, -0.1) is 0 Å². The van der Waals surface area contributed by atoms with E-state index in [2.05, 4.69) is 48.6 Å². The number of carbonyl (C=O) groups excluding carboxylic acids is 2. The quantitative estimate of drug-likeness (QED) is 0.294. The van der Waals surface area contributed by atoms with Crippen LogP contribution in [0.1, 0.15) is 27.2 Å². The molecule has 0 radical (unpaired) electrons. The van der Waals surface area contributed by atoms with Crippen LogP contribution in [0.3, 0.4) is 0 Å². The third kappa shape index (κ3) is 5.06. The Morgan fingerprint density at radius 3 is 2.34 bits per heavy atom. The van der Waals surface area contributed by atoms with Crippen molar-refractivity contribution < 1.29 is 9.59 Å². The fourth-order valence-electron chi connectivity index (χ4n) is 4.56. The van der Waals surface area contributed by atoms with E-state index in [4.69, 9.17) is 0 Å². The number of rotatable bonds is 4. The Kier molecular flexibility index (Phi) is 7.27. The van der Waals surface area contributed by atoms with Crippen molar-refractivity contribution in [3.8, 4) is 5.69 Å². The van der Waals surface area contributed by atoms with Gasteiger partial charge in [-0.1, -0.05) is 24.3 Å². The van der Waals surface area contributed by atoms with Crippen LogP contribution < -0.4 is 16.2 Å². The van der Waals surface area contributed by atoms with Crippen molar-refractivity contribution in [1.82, 2.24) is 14.3 Å². The summed E-state index contributed by atoms with van der Waals surface area (Å²) in [7, 11) is 1.77. The maximum Gasteiger partial charge on any atom is 0.322 e. The molecule has 0 atom stereocenters. The summed E-state index contributed by atoms with van der Waals surface area (Å²) in [6.45, 7) is 2.86. The lowest BCUT2D eigenvalue weighted by Gasteiger charge is -2.29. The molecule has 10 heteroatoms. The molecule has 2 N–H and O–H groups in total. The van der Waals surface area contributed by atoms with Crippen molar-refractivity contribution >= 4 is 55.2 Å². The van der Waals surface area contributed by atoms with E-state index in [0.717, 1.165) is 20.9 Å². The highest BCUT2D eigenvalue weighted by molar-refractivity contribution is 9.13. The lowest BCUT2D eigenvalue weighted by atomic mass is 10.0. The average molecular weight is 639 g/mol. The van der Waals surface area contributed by atoms with Gasteiger partial charge in [0, 0.05) is 40.3 Å². The predicted octanol–water partition coefficient (Wildman–Crippen LogP) is 5.85. The third-order valence-corrected chi connectivity index (χ3v) is 8.56. The molecule has 2 heterocycles. The van der Waals surface area contributed by atoms with E-state index in [-0.39, 0.29) is 17.3 Å². The molecule has 194 valence electrons. The minimum atomic E-state index is -0.436. The van der Waals surface area contributed by atoms with E-state index in [9.17, 15) is 14.4 Å². The smallest absolute Gasteiger partial charge is 0.320 e. The van der Waals surface area contributed by atoms with Gasteiger partial charge < -0.3 is 15.5 Å². The Morgan fingerprint density at radius 1 is 0.895 bits per heavy atom. The van der Waals surface area contributed by atoms with Gasteiger partial charge in [-0.3, -0.25) is 14.3 Å². The normalized spacial score (nSPS) is 12.7. The first-order valence-electron chi connectivity index (χ1n) is 12.0. The van der Waals surface area contributed by atoms with Crippen LogP contribution >= 0.6 is 31.9 Å². The summed E-state index contributed by atoms with van der Waals surface area (Å²) >= 11 is 7.06. The van der Waals surface area contributed by atoms with E-state index in [1.165, 1.54) is 10.2 Å². The summed E-state index contributed by atoms with van der Waals surface area (Å²) in [5.74, 6) is -0.436. The van der Waals surface area contributed by atoms with Crippen LogP contribution in [0.5, 0.6) is 0 Å². The summed E-state index contributed by atoms with van der Waals surface area (Å²) in [6, 6.07) is 19.8. The van der Waals surface area contributed by atoms with Crippen LogP contribution in [0.25, 0.3) is 5.69 Å². The minimum absolute atomic E-state index is 0.209. The molecule has 1 aliphatic rings. The average Bonchev–Trinajstić information content (AvgIpc) is 3.12. The molecule has 38 heavy (non-hydrogen) atoms. The van der Waals surface area contributed by atoms with Crippen molar-refractivity contribution in [1.29, 1.82) is 0 Å². The zero-order chi connectivity index (χ0) is 27.0. The number of halogens is 2. The van der Waals surface area contributed by atoms with Gasteiger partial charge in [-0.25, -0.2) is 9.48 Å². The van der Waals surface area contributed by atoms with Crippen molar-refractivity contribution in [2.24, 2.45) is 7.05 Å². The molecule has 3 amide bonds. The number of nitrogens with zero attached hydrogens (tertiary/aromatic N) is 3. The summed E-state index contributed by atoms with van der Waals surface area (Å²) < 4.78 is 5.16. The number of amides is 3. The largest absolute Gasteiger partial charge is 0.322 e. The molecule has 4 aromatic rings. The van der Waals surface area contributed by atoms with Crippen molar-refractivity contribution in [3.63, 3.8) is 0 Å². The number of aromatic nitrogens is 2. The molecule has 0 unspecified atom stereocenters. The van der Waals surface area contributed by atoms with Crippen molar-refractivity contribution in [2.45, 2.75) is 19.9 Å². The molecule has 0 fully saturated rings. The maximum absolute atomic E-state index is 13.2. The molecule has 1 aliphatic heterocycles. The van der Waals surface area contributed by atoms with E-state index in [1.54, 1.807) is 47.8 Å². The summed E-state index contributed by atoms with van der Waals surface area (Å²) in [6.07, 6.45) is 0.758. The number of carbonyl (C=O) groups is 2. The molecule has 3 aromatic carbocycles. The van der Waals surface area contributed by atoms with Crippen LogP contribution in [-0.4, -0.2) is 32.7 Å². The zero-order valence-electron chi connectivity index (χ0n) is 20.8. The number of hydrogen-bond donors (Lipinski definition) is 2. The van der Waals surface area contributed by atoms with Crippen molar-refractivity contribution in [2.75, 3.05) is 17.2 Å². The fraction of sp³-hybridized carbons (Fsp3) is 0.179. The lowest BCUT2D eigenvalue weighted by molar-refractivity contribution is 0.102. The molecule has 8 nitrogen and oxygen atoms in total. The number of benzene rings is 3. The third-order valence-electron chi connectivity index (χ3n) is 6.71. The second-order valence-corrected chi connectivity index (χ2v) is 10.8. The van der Waals surface area contributed by atoms with Crippen molar-refractivity contribution in [3.05, 3.63) is 108 Å². The second-order valence-electron chi connectivity index (χ2n) is 9.11. The Labute approximate surface area is 236 Å². The van der Waals surface area contributed by atoms with Crippen LogP contribution in [0.4, 0.5) is 16.2 Å². The van der Waals surface area contributed by atoms with Gasteiger partial charge in [-0.2, -0.15) is 0 Å². The summed E-state index contributed by atoms with van der Waals surface area (Å²) in [5.41, 5.74) is 4.35. The van der Waals surface area contributed by atoms with Gasteiger partial charge in [0.2, 0.25) is 0 Å². The first-order chi connectivity index (χ1) is 18.2. The van der Waals surface area contributed by atoms with E-state index in [1.807, 2.05) is 36.4 Å². The lowest BCUT2D eigenvalue weighted by Crippen LogP contribution is -2.38. The molecule has 0 aliphatic carbocycles. The van der Waals surface area contributed by atoms with Gasteiger partial charge in [0.25, 0.3) is 11.5 Å². The number of anilines is 2. The maximum atomic E-state index is 13.2. The van der Waals surface area contributed by atoms with Gasteiger partial charge in [0.1, 0.15) is 5.69 Å². The molecule has 1 aromatic heterocycles. The number of fused-ring (bicyclic) bond motifs is 1. The highest BCUT2D eigenvalue weighted by Crippen LogP contribution is 2.30. The molecular weight excluding hydrogens is 614 g/mol. The van der Waals surface area contributed by atoms with Gasteiger partial charge >= 0.3 is 6.03 Å². The van der Waals surface area contributed by atoms with Gasteiger partial charge in [-0.05, 0) is 98.8 Å². The Morgan fingerprint density at radius 2 is 1.61 bits per heavy atom. The Hall–Kier alpha value is -3.63. The van der Waals surface area contributed by atoms with Crippen LogP contribution in [0.15, 0.2) is 80.5 Å². The van der Waals surface area contributed by atoms with Gasteiger partial charge in [0.15, 0.2) is 0 Å².